The average molecular weight is 328 g/mol. The summed E-state index contributed by atoms with van der Waals surface area (Å²) < 4.78 is 7.27. The van der Waals surface area contributed by atoms with Crippen molar-refractivity contribution in [2.45, 2.75) is 39.9 Å². The van der Waals surface area contributed by atoms with Gasteiger partial charge in [0.05, 0.1) is 6.54 Å². The molecule has 4 heteroatoms. The van der Waals surface area contributed by atoms with Crippen molar-refractivity contribution in [2.24, 2.45) is 5.92 Å². The van der Waals surface area contributed by atoms with Crippen LogP contribution in [0.15, 0.2) is 48.7 Å². The summed E-state index contributed by atoms with van der Waals surface area (Å²) in [5, 5.41) is 0. The molecule has 1 heterocycles. The van der Waals surface area contributed by atoms with Gasteiger partial charge in [0.2, 0.25) is 5.91 Å². The van der Waals surface area contributed by atoms with E-state index in [1.54, 1.807) is 7.11 Å². The second-order valence-corrected chi connectivity index (χ2v) is 6.55. The largest absolute Gasteiger partial charge is 0.375 e. The Balaban J connectivity index is 2.17. The Labute approximate surface area is 145 Å². The van der Waals surface area contributed by atoms with Gasteiger partial charge >= 0.3 is 0 Å². The van der Waals surface area contributed by atoms with Gasteiger partial charge in [-0.05, 0) is 30.5 Å². The van der Waals surface area contributed by atoms with Gasteiger partial charge in [-0.15, -0.1) is 0 Å². The first-order valence-electron chi connectivity index (χ1n) is 8.49. The monoisotopic (exact) mass is 328 g/mol. The molecular formula is C20H28N2O2. The van der Waals surface area contributed by atoms with Crippen LogP contribution in [0.3, 0.4) is 0 Å². The Hall–Kier alpha value is -2.07. The highest BCUT2D eigenvalue weighted by molar-refractivity contribution is 5.77. The lowest BCUT2D eigenvalue weighted by atomic mass is 10.0. The summed E-state index contributed by atoms with van der Waals surface area (Å²) in [6, 6.07) is 14.6. The van der Waals surface area contributed by atoms with Gasteiger partial charge in [-0.2, -0.15) is 0 Å². The molecule has 2 aromatic rings. The van der Waals surface area contributed by atoms with Crippen LogP contribution < -0.4 is 0 Å². The molecule has 130 valence electrons. The molecule has 0 radical (unpaired) electrons. The fourth-order valence-electron chi connectivity index (χ4n) is 2.73. The number of amides is 1. The normalized spacial score (nSPS) is 12.4. The van der Waals surface area contributed by atoms with E-state index in [1.807, 2.05) is 29.2 Å². The number of benzene rings is 1. The summed E-state index contributed by atoms with van der Waals surface area (Å²) in [5.74, 6) is 0.425. The average Bonchev–Trinajstić information content (AvgIpc) is 3.00. The fraction of sp³-hybridized carbons (Fsp3) is 0.450. The van der Waals surface area contributed by atoms with Crippen LogP contribution >= 0.6 is 0 Å². The number of ether oxygens (including phenoxy) is 1. The van der Waals surface area contributed by atoms with Crippen molar-refractivity contribution in [3.8, 4) is 0 Å². The number of aromatic nitrogens is 1. The van der Waals surface area contributed by atoms with E-state index >= 15 is 0 Å². The van der Waals surface area contributed by atoms with Gasteiger partial charge in [-0.3, -0.25) is 4.79 Å². The van der Waals surface area contributed by atoms with Crippen LogP contribution in [0.1, 0.15) is 32.0 Å². The highest BCUT2D eigenvalue weighted by Gasteiger charge is 2.23. The van der Waals surface area contributed by atoms with Crippen LogP contribution in [0, 0.1) is 5.92 Å². The fourth-order valence-corrected chi connectivity index (χ4v) is 2.73. The predicted molar refractivity (Wildman–Crippen MR) is 96.7 cm³/mol. The molecule has 0 aliphatic carbocycles. The van der Waals surface area contributed by atoms with Crippen LogP contribution in [0.4, 0.5) is 0 Å². The summed E-state index contributed by atoms with van der Waals surface area (Å²) in [7, 11) is 1.56. The van der Waals surface area contributed by atoms with E-state index in [-0.39, 0.29) is 18.6 Å². The third kappa shape index (κ3) is 4.71. The summed E-state index contributed by atoms with van der Waals surface area (Å²) in [4.78, 5) is 14.4. The van der Waals surface area contributed by atoms with Crippen molar-refractivity contribution in [3.63, 3.8) is 0 Å². The number of nitrogens with zero attached hydrogens (tertiary/aromatic N) is 2. The molecule has 0 N–H and O–H groups in total. The molecule has 1 atom stereocenters. The summed E-state index contributed by atoms with van der Waals surface area (Å²) in [6.07, 6.45) is 2.07. The number of carbonyl (C=O) groups is 1. The van der Waals surface area contributed by atoms with Crippen LogP contribution in [0.5, 0.6) is 0 Å². The van der Waals surface area contributed by atoms with E-state index in [4.69, 9.17) is 4.74 Å². The SMILES string of the molecule is COCC(=O)N(Cc1cccn1Cc1ccccc1)C(C)C(C)C. The van der Waals surface area contributed by atoms with Crippen molar-refractivity contribution in [3.05, 3.63) is 59.9 Å². The van der Waals surface area contributed by atoms with Gasteiger partial charge in [0.1, 0.15) is 6.61 Å². The molecule has 0 aliphatic heterocycles. The van der Waals surface area contributed by atoms with Gasteiger partial charge in [-0.1, -0.05) is 44.2 Å². The molecule has 24 heavy (non-hydrogen) atoms. The van der Waals surface area contributed by atoms with Crippen molar-refractivity contribution in [1.82, 2.24) is 9.47 Å². The number of hydrogen-bond donors (Lipinski definition) is 0. The molecule has 0 bridgehead atoms. The second kappa shape index (κ2) is 8.69. The molecule has 0 fully saturated rings. The smallest absolute Gasteiger partial charge is 0.249 e. The van der Waals surface area contributed by atoms with Crippen molar-refractivity contribution >= 4 is 5.91 Å². The third-order valence-electron chi connectivity index (χ3n) is 4.50. The molecule has 1 aromatic carbocycles. The van der Waals surface area contributed by atoms with Crippen molar-refractivity contribution in [2.75, 3.05) is 13.7 Å². The van der Waals surface area contributed by atoms with Gasteiger partial charge < -0.3 is 14.2 Å². The Kier molecular flexibility index (Phi) is 6.62. The number of methoxy groups -OCH3 is 1. The van der Waals surface area contributed by atoms with E-state index < -0.39 is 0 Å². The first-order chi connectivity index (χ1) is 11.5. The standard InChI is InChI=1S/C20H28N2O2/c1-16(2)17(3)22(20(23)15-24-4)14-19-11-8-12-21(19)13-18-9-6-5-7-10-18/h5-12,16-17H,13-15H2,1-4H3. The molecule has 0 saturated heterocycles. The first kappa shape index (κ1) is 18.3. The van der Waals surface area contributed by atoms with Crippen molar-refractivity contribution in [1.29, 1.82) is 0 Å². The molecule has 0 saturated carbocycles. The maximum absolute atomic E-state index is 12.5. The zero-order chi connectivity index (χ0) is 17.5. The van der Waals surface area contributed by atoms with Gasteiger partial charge in [0.15, 0.2) is 0 Å². The minimum absolute atomic E-state index is 0.0335. The van der Waals surface area contributed by atoms with Gasteiger partial charge in [-0.25, -0.2) is 0 Å². The zero-order valence-corrected chi connectivity index (χ0v) is 15.1. The molecule has 1 unspecified atom stereocenters. The maximum atomic E-state index is 12.5. The highest BCUT2D eigenvalue weighted by atomic mass is 16.5. The predicted octanol–water partition coefficient (Wildman–Crippen LogP) is 3.56. The third-order valence-corrected chi connectivity index (χ3v) is 4.50. The van der Waals surface area contributed by atoms with Crippen LogP contribution in [0.2, 0.25) is 0 Å². The lowest BCUT2D eigenvalue weighted by molar-refractivity contribution is -0.138. The topological polar surface area (TPSA) is 34.5 Å². The molecule has 4 nitrogen and oxygen atoms in total. The zero-order valence-electron chi connectivity index (χ0n) is 15.1. The van der Waals surface area contributed by atoms with Gasteiger partial charge in [0, 0.05) is 31.6 Å². The Morgan fingerprint density at radius 3 is 2.46 bits per heavy atom. The van der Waals surface area contributed by atoms with E-state index in [0.717, 1.165) is 12.2 Å². The Bertz CT molecular complexity index is 634. The van der Waals surface area contributed by atoms with E-state index in [0.29, 0.717) is 12.5 Å². The Morgan fingerprint density at radius 1 is 1.12 bits per heavy atom. The lowest BCUT2D eigenvalue weighted by Gasteiger charge is -2.32. The quantitative estimate of drug-likeness (QED) is 0.742. The Morgan fingerprint density at radius 2 is 1.83 bits per heavy atom. The second-order valence-electron chi connectivity index (χ2n) is 6.55. The molecule has 2 rings (SSSR count). The van der Waals surface area contributed by atoms with Crippen molar-refractivity contribution < 1.29 is 9.53 Å². The molecule has 0 spiro atoms. The number of carbonyl (C=O) groups excluding carboxylic acids is 1. The molecule has 1 aromatic heterocycles. The number of rotatable bonds is 8. The minimum atomic E-state index is 0.0335. The summed E-state index contributed by atoms with van der Waals surface area (Å²) in [5.41, 5.74) is 2.39. The lowest BCUT2D eigenvalue weighted by Crippen LogP contribution is -2.43. The number of hydrogen-bond acceptors (Lipinski definition) is 2. The summed E-state index contributed by atoms with van der Waals surface area (Å²) in [6.45, 7) is 7.91. The molecule has 0 aliphatic rings. The van der Waals surface area contributed by atoms with Crippen LogP contribution in [0.25, 0.3) is 0 Å². The molecule has 1 amide bonds. The van der Waals surface area contributed by atoms with E-state index in [9.17, 15) is 4.79 Å². The molecular weight excluding hydrogens is 300 g/mol. The summed E-state index contributed by atoms with van der Waals surface area (Å²) >= 11 is 0. The van der Waals surface area contributed by atoms with Gasteiger partial charge in [0.25, 0.3) is 0 Å². The highest BCUT2D eigenvalue weighted by Crippen LogP contribution is 2.17. The van der Waals surface area contributed by atoms with Crippen LogP contribution in [-0.2, 0) is 22.6 Å². The maximum Gasteiger partial charge on any atom is 0.249 e. The van der Waals surface area contributed by atoms with E-state index in [1.165, 1.54) is 5.56 Å². The minimum Gasteiger partial charge on any atom is -0.375 e. The first-order valence-corrected chi connectivity index (χ1v) is 8.49. The van der Waals surface area contributed by atoms with E-state index in [2.05, 4.69) is 49.7 Å². The van der Waals surface area contributed by atoms with Crippen LogP contribution in [-0.4, -0.2) is 35.1 Å².